The monoisotopic (exact) mass is 1290 g/mol. The number of aliphatic hydroxyl groups is 6. The highest BCUT2D eigenvalue weighted by Gasteiger charge is 2.48. The van der Waals surface area contributed by atoms with Crippen LogP contribution in [0.2, 0.25) is 6.04 Å². The van der Waals surface area contributed by atoms with Gasteiger partial charge in [0.25, 0.3) is 20.2 Å². The summed E-state index contributed by atoms with van der Waals surface area (Å²) in [5.41, 5.74) is -5.42. The fourth-order valence-electron chi connectivity index (χ4n) is 10.4. The summed E-state index contributed by atoms with van der Waals surface area (Å²) in [6, 6.07) is -0.0451. The normalized spacial score (nSPS) is 13.4. The Kier molecular flexibility index (Phi) is 48.8. The molecule has 0 aromatic heterocycles. The highest BCUT2D eigenvalue weighted by atomic mass is 32.2. The quantitative estimate of drug-likeness (QED) is 0.0132. The summed E-state index contributed by atoms with van der Waals surface area (Å²) in [5, 5.41) is 72.2. The second-order valence-electron chi connectivity index (χ2n) is 24.5. The molecule has 0 aliphatic carbocycles. The van der Waals surface area contributed by atoms with E-state index in [0.717, 1.165) is 51.6 Å². The van der Waals surface area contributed by atoms with Crippen LogP contribution in [-0.4, -0.2) is 222 Å². The van der Waals surface area contributed by atoms with Crippen LogP contribution in [0.4, 0.5) is 0 Å². The molecular formula is C58H124N4O18S3Si. The van der Waals surface area contributed by atoms with Crippen LogP contribution in [0.15, 0.2) is 0 Å². The summed E-state index contributed by atoms with van der Waals surface area (Å²) < 4.78 is 121. The number of quaternary nitrogens is 1. The van der Waals surface area contributed by atoms with E-state index in [1.165, 1.54) is 167 Å². The third-order valence-electron chi connectivity index (χ3n) is 16.4. The van der Waals surface area contributed by atoms with E-state index in [-0.39, 0.29) is 6.04 Å². The number of hydrogen-bond acceptors (Lipinski definition) is 19. The highest BCUT2D eigenvalue weighted by Crippen LogP contribution is 2.27. The minimum Gasteiger partial charge on any atom is -0.748 e. The second-order valence-corrected chi connectivity index (χ2v) is 31.9. The molecule has 0 aromatic carbocycles. The molecule has 0 saturated carbocycles. The average molecular weight is 1290 g/mol. The van der Waals surface area contributed by atoms with E-state index in [1.807, 2.05) is 0 Å². The maximum absolute atomic E-state index is 11.7. The van der Waals surface area contributed by atoms with E-state index in [4.69, 9.17) is 13.3 Å². The van der Waals surface area contributed by atoms with Crippen LogP contribution in [0, 0.1) is 0 Å². The molecule has 0 atom stereocenters. The maximum atomic E-state index is 11.7. The molecule has 0 aliphatic rings. The van der Waals surface area contributed by atoms with Crippen LogP contribution in [0.25, 0.3) is 0 Å². The number of nitrogens with zero attached hydrogens (tertiary/aromatic N) is 1. The van der Waals surface area contributed by atoms with Crippen LogP contribution in [-0.2, 0) is 43.6 Å². The zero-order valence-electron chi connectivity index (χ0n) is 52.6. The summed E-state index contributed by atoms with van der Waals surface area (Å²) in [5.74, 6) is -2.51. The van der Waals surface area contributed by atoms with Crippen molar-refractivity contribution >= 4 is 39.2 Å². The number of rotatable bonds is 65. The Balaban J connectivity index is 6.71. The molecule has 0 fully saturated rings. The van der Waals surface area contributed by atoms with Gasteiger partial charge in [0.05, 0.1) is 130 Å². The molecule has 0 unspecified atom stereocenters. The van der Waals surface area contributed by atoms with Crippen molar-refractivity contribution in [2.45, 2.75) is 248 Å². The van der Waals surface area contributed by atoms with E-state index in [2.05, 4.69) is 36.8 Å². The van der Waals surface area contributed by atoms with E-state index in [1.54, 1.807) is 0 Å². The molecule has 0 amide bonds. The summed E-state index contributed by atoms with van der Waals surface area (Å²) in [7, 11) is -16.0. The molecule has 11 N–H and O–H groups in total. The number of nitrogens with one attached hydrogen (secondary N) is 3. The van der Waals surface area contributed by atoms with Gasteiger partial charge in [-0.3, -0.25) is 9.11 Å². The molecule has 0 radical (unpaired) electrons. The van der Waals surface area contributed by atoms with Crippen molar-refractivity contribution in [2.24, 2.45) is 0 Å². The van der Waals surface area contributed by atoms with Crippen LogP contribution in [0.1, 0.15) is 226 Å². The lowest BCUT2D eigenvalue weighted by Crippen LogP contribution is -2.64. The smallest absolute Gasteiger partial charge is 0.501 e. The van der Waals surface area contributed by atoms with Crippen molar-refractivity contribution < 1.29 is 87.3 Å². The Hall–Kier alpha value is -0.573. The first kappa shape index (κ1) is 83.4. The van der Waals surface area contributed by atoms with Gasteiger partial charge < -0.3 is 68.9 Å². The van der Waals surface area contributed by atoms with E-state index in [9.17, 15) is 69.6 Å². The van der Waals surface area contributed by atoms with Gasteiger partial charge >= 0.3 is 8.80 Å². The molecular weight excluding hydrogens is 1160 g/mol. The molecule has 0 rings (SSSR count). The standard InChI is InChI=1S/C58H124N4O18S3Si/c1-4-6-8-10-12-14-16-18-20-22-24-26-28-30-32-34-40-62(3,41-35-33-31-29-27-25-23-21-19-17-15-13-11-9-7-5-2)42-36-46-84(78-53-56(47-63,48-64)59-37-43-81(69,70)71,79-54-57(49-65,50-66)60-38-44-82(72,73)74)80-55-58(51-67,52-68)61-39-45-83(75,76)77/h59-61,63-68H,4-55H2,1-3H3,(H2-,69,70,71,72,73,74,75,76,77). The van der Waals surface area contributed by atoms with Crippen LogP contribution >= 0.6 is 0 Å². The fourth-order valence-corrected chi connectivity index (χ4v) is 14.3. The third-order valence-corrected chi connectivity index (χ3v) is 21.2. The lowest BCUT2D eigenvalue weighted by Gasteiger charge is -2.41. The number of aliphatic hydroxyl groups excluding tert-OH is 6. The maximum Gasteiger partial charge on any atom is 0.501 e. The predicted octanol–water partition coefficient (Wildman–Crippen LogP) is 6.59. The van der Waals surface area contributed by atoms with Gasteiger partial charge in [-0.25, -0.2) is 8.42 Å². The highest BCUT2D eigenvalue weighted by molar-refractivity contribution is 7.86. The van der Waals surface area contributed by atoms with Gasteiger partial charge in [-0.1, -0.05) is 194 Å². The third kappa shape index (κ3) is 44.8. The van der Waals surface area contributed by atoms with Gasteiger partial charge in [-0.05, 0) is 25.7 Å². The zero-order valence-corrected chi connectivity index (χ0v) is 56.1. The van der Waals surface area contributed by atoms with Gasteiger partial charge in [0.2, 0.25) is 0 Å². The molecule has 0 heterocycles. The van der Waals surface area contributed by atoms with Crippen molar-refractivity contribution in [3.63, 3.8) is 0 Å². The van der Waals surface area contributed by atoms with Gasteiger partial charge in [0, 0.05) is 32.1 Å². The minimum atomic E-state index is -4.75. The molecule has 0 saturated heterocycles. The summed E-state index contributed by atoms with van der Waals surface area (Å²) in [4.78, 5) is 0. The first-order valence-electron chi connectivity index (χ1n) is 32.4. The Labute approximate surface area is 511 Å². The molecule has 22 nitrogen and oxygen atoms in total. The van der Waals surface area contributed by atoms with Gasteiger partial charge in [-0.2, -0.15) is 16.8 Å². The van der Waals surface area contributed by atoms with Crippen molar-refractivity contribution in [3.05, 3.63) is 0 Å². The van der Waals surface area contributed by atoms with E-state index >= 15 is 0 Å². The topological polar surface area (TPSA) is 351 Å². The molecule has 0 aromatic rings. The molecule has 0 spiro atoms. The summed E-state index contributed by atoms with van der Waals surface area (Å²) in [6.07, 6.45) is 40.3. The first-order chi connectivity index (χ1) is 39.9. The van der Waals surface area contributed by atoms with Crippen LogP contribution in [0.3, 0.4) is 0 Å². The number of unbranched alkanes of at least 4 members (excludes halogenated alkanes) is 30. The summed E-state index contributed by atoms with van der Waals surface area (Å²) in [6.45, 7) is -1.64. The van der Waals surface area contributed by atoms with Crippen molar-refractivity contribution in [1.29, 1.82) is 0 Å². The van der Waals surface area contributed by atoms with Crippen LogP contribution < -0.4 is 16.0 Å². The molecule has 84 heavy (non-hydrogen) atoms. The molecule has 0 bridgehead atoms. The largest absolute Gasteiger partial charge is 0.748 e. The first-order valence-corrected chi connectivity index (χ1v) is 39.2. The molecule has 26 heteroatoms. The Morgan fingerprint density at radius 3 is 0.833 bits per heavy atom. The van der Waals surface area contributed by atoms with E-state index in [0.29, 0.717) is 17.4 Å². The second kappa shape index (κ2) is 49.2. The van der Waals surface area contributed by atoms with Gasteiger partial charge in [0.1, 0.15) is 0 Å². The Bertz CT molecular complexity index is 1710. The minimum absolute atomic E-state index is 0.0451. The van der Waals surface area contributed by atoms with Gasteiger partial charge in [-0.15, -0.1) is 0 Å². The molecule has 506 valence electrons. The average Bonchev–Trinajstić information content (AvgIpc) is 3.58. The lowest BCUT2D eigenvalue weighted by molar-refractivity contribution is -0.910. The zero-order chi connectivity index (χ0) is 63.0. The van der Waals surface area contributed by atoms with Crippen molar-refractivity contribution in [3.8, 4) is 0 Å². The SMILES string of the molecule is CCCCCCCCCCCCCCCCCC[N+](C)(CCCCCCCCCCCCCCCCCC)CCC[Si](OCC(CO)(CO)NCCS(=O)(=O)[O-])(OCC(CO)(CO)NCCS(=O)(=O)O)OCC(CO)(CO)NCCS(=O)(=O)O. The van der Waals surface area contributed by atoms with E-state index < -0.39 is 152 Å². The number of hydrogen-bond donors (Lipinski definition) is 11. The molecule has 0 aliphatic heterocycles. The van der Waals surface area contributed by atoms with Crippen molar-refractivity contribution in [2.75, 3.05) is 123 Å². The Morgan fingerprint density at radius 1 is 0.381 bits per heavy atom. The van der Waals surface area contributed by atoms with Crippen molar-refractivity contribution in [1.82, 2.24) is 16.0 Å². The lowest BCUT2D eigenvalue weighted by atomic mass is 10.0. The summed E-state index contributed by atoms with van der Waals surface area (Å²) >= 11 is 0. The van der Waals surface area contributed by atoms with Gasteiger partial charge in [0.15, 0.2) is 0 Å². The fraction of sp³-hybridized carbons (Fsp3) is 1.00. The predicted molar refractivity (Wildman–Crippen MR) is 335 cm³/mol. The Morgan fingerprint density at radius 2 is 0.607 bits per heavy atom. The van der Waals surface area contributed by atoms with Crippen LogP contribution in [0.5, 0.6) is 0 Å².